The van der Waals surface area contributed by atoms with Gasteiger partial charge >= 0.3 is 0 Å². The van der Waals surface area contributed by atoms with Gasteiger partial charge in [0.25, 0.3) is 0 Å². The molecule has 0 aliphatic carbocycles. The van der Waals surface area contributed by atoms with Gasteiger partial charge in [0, 0.05) is 32.1 Å². The number of likely N-dealkylation sites (tertiary alicyclic amines) is 2. The maximum atomic E-state index is 11.5. The molecular formula is C13H22N2O. The first-order chi connectivity index (χ1) is 7.68. The van der Waals surface area contributed by atoms with Crippen LogP contribution in [-0.2, 0) is 4.79 Å². The summed E-state index contributed by atoms with van der Waals surface area (Å²) in [6, 6.07) is 0. The molecule has 0 radical (unpaired) electrons. The van der Waals surface area contributed by atoms with Gasteiger partial charge in [-0.1, -0.05) is 6.08 Å². The molecule has 1 atom stereocenters. The Morgan fingerprint density at radius 2 is 2.06 bits per heavy atom. The normalized spacial score (nSPS) is 30.9. The fourth-order valence-electron chi connectivity index (χ4n) is 3.28. The monoisotopic (exact) mass is 222 g/mol. The quantitative estimate of drug-likeness (QED) is 0.663. The highest BCUT2D eigenvalue weighted by Crippen LogP contribution is 2.36. The zero-order valence-electron chi connectivity index (χ0n) is 10.2. The van der Waals surface area contributed by atoms with Crippen LogP contribution in [0.5, 0.6) is 0 Å². The van der Waals surface area contributed by atoms with E-state index < -0.39 is 0 Å². The van der Waals surface area contributed by atoms with Crippen molar-refractivity contribution in [3.05, 3.63) is 12.7 Å². The lowest BCUT2D eigenvalue weighted by atomic mass is 9.86. The van der Waals surface area contributed by atoms with Crippen LogP contribution in [0.25, 0.3) is 0 Å². The van der Waals surface area contributed by atoms with E-state index in [1.807, 2.05) is 11.0 Å². The topological polar surface area (TPSA) is 23.6 Å². The van der Waals surface area contributed by atoms with Crippen molar-refractivity contribution in [1.29, 1.82) is 0 Å². The van der Waals surface area contributed by atoms with E-state index in [0.29, 0.717) is 0 Å². The van der Waals surface area contributed by atoms with Crippen molar-refractivity contribution < 1.29 is 4.79 Å². The minimum Gasteiger partial charge on any atom is -0.341 e. The average Bonchev–Trinajstić information content (AvgIpc) is 2.62. The van der Waals surface area contributed by atoms with Crippen molar-refractivity contribution in [3.63, 3.8) is 0 Å². The average molecular weight is 222 g/mol. The second-order valence-electron chi connectivity index (χ2n) is 5.11. The molecule has 90 valence electrons. The van der Waals surface area contributed by atoms with E-state index in [0.717, 1.165) is 32.6 Å². The predicted octanol–water partition coefficient (Wildman–Crippen LogP) is 1.65. The van der Waals surface area contributed by atoms with Gasteiger partial charge in [0.2, 0.25) is 5.91 Å². The lowest BCUT2D eigenvalue weighted by Gasteiger charge is -2.45. The minimum atomic E-state index is 0.226. The Bertz CT molecular complexity index is 290. The Kier molecular flexibility index (Phi) is 3.33. The van der Waals surface area contributed by atoms with E-state index >= 15 is 0 Å². The zero-order valence-corrected chi connectivity index (χ0v) is 10.2. The number of hydrogen-bond donors (Lipinski definition) is 0. The minimum absolute atomic E-state index is 0.226. The number of piperidine rings is 1. The molecule has 0 bridgehead atoms. The van der Waals surface area contributed by atoms with Crippen LogP contribution in [0.3, 0.4) is 0 Å². The largest absolute Gasteiger partial charge is 0.341 e. The summed E-state index contributed by atoms with van der Waals surface area (Å²) < 4.78 is 0. The molecule has 0 saturated carbocycles. The van der Waals surface area contributed by atoms with Crippen LogP contribution in [0.4, 0.5) is 0 Å². The van der Waals surface area contributed by atoms with Gasteiger partial charge in [0.05, 0.1) is 0 Å². The molecule has 2 aliphatic rings. The van der Waals surface area contributed by atoms with Gasteiger partial charge in [-0.05, 0) is 32.2 Å². The van der Waals surface area contributed by atoms with Gasteiger partial charge in [-0.3, -0.25) is 9.69 Å². The van der Waals surface area contributed by atoms with Gasteiger partial charge in [0.1, 0.15) is 0 Å². The summed E-state index contributed by atoms with van der Waals surface area (Å²) in [6.07, 6.45) is 6.88. The van der Waals surface area contributed by atoms with Crippen LogP contribution in [0.2, 0.25) is 0 Å². The fourth-order valence-corrected chi connectivity index (χ4v) is 3.28. The molecule has 3 nitrogen and oxygen atoms in total. The molecule has 2 rings (SSSR count). The summed E-state index contributed by atoms with van der Waals surface area (Å²) in [6.45, 7) is 9.52. The lowest BCUT2D eigenvalue weighted by molar-refractivity contribution is -0.132. The van der Waals surface area contributed by atoms with Crippen molar-refractivity contribution in [1.82, 2.24) is 9.80 Å². The Morgan fingerprint density at radius 1 is 1.38 bits per heavy atom. The summed E-state index contributed by atoms with van der Waals surface area (Å²) >= 11 is 0. The van der Waals surface area contributed by atoms with Crippen LogP contribution in [-0.4, -0.2) is 47.4 Å². The molecule has 2 saturated heterocycles. The SMILES string of the molecule is C=CCN1CCCC12CCCN(C(C)=O)C2. The molecule has 0 N–H and O–H groups in total. The molecule has 16 heavy (non-hydrogen) atoms. The van der Waals surface area contributed by atoms with Crippen molar-refractivity contribution in [2.24, 2.45) is 0 Å². The summed E-state index contributed by atoms with van der Waals surface area (Å²) in [5, 5.41) is 0. The van der Waals surface area contributed by atoms with E-state index in [9.17, 15) is 4.79 Å². The van der Waals surface area contributed by atoms with Gasteiger partial charge < -0.3 is 4.90 Å². The molecule has 0 aromatic carbocycles. The third-order valence-electron chi connectivity index (χ3n) is 4.09. The predicted molar refractivity (Wildman–Crippen MR) is 65.2 cm³/mol. The number of rotatable bonds is 2. The fraction of sp³-hybridized carbons (Fsp3) is 0.769. The first-order valence-electron chi connectivity index (χ1n) is 6.29. The second kappa shape index (κ2) is 4.58. The van der Waals surface area contributed by atoms with Gasteiger partial charge in [0.15, 0.2) is 0 Å². The van der Waals surface area contributed by atoms with E-state index in [1.54, 1.807) is 6.92 Å². The van der Waals surface area contributed by atoms with Crippen molar-refractivity contribution in [2.45, 2.75) is 38.1 Å². The molecule has 3 heteroatoms. The molecule has 2 fully saturated rings. The van der Waals surface area contributed by atoms with Crippen LogP contribution in [0, 0.1) is 0 Å². The van der Waals surface area contributed by atoms with Crippen molar-refractivity contribution in [2.75, 3.05) is 26.2 Å². The standard InChI is InChI=1S/C13H22N2O/c1-3-8-15-10-5-7-13(15)6-4-9-14(11-13)12(2)16/h3H,1,4-11H2,2H3. The lowest BCUT2D eigenvalue weighted by Crippen LogP contribution is -2.56. The van der Waals surface area contributed by atoms with Crippen LogP contribution in [0.15, 0.2) is 12.7 Å². The Balaban J connectivity index is 2.10. The van der Waals surface area contributed by atoms with Gasteiger partial charge in [-0.25, -0.2) is 0 Å². The molecule has 2 aliphatic heterocycles. The Hall–Kier alpha value is -0.830. The summed E-state index contributed by atoms with van der Waals surface area (Å²) in [4.78, 5) is 16.0. The highest BCUT2D eigenvalue weighted by atomic mass is 16.2. The molecule has 0 aromatic rings. The van der Waals surface area contributed by atoms with E-state index in [2.05, 4.69) is 11.5 Å². The van der Waals surface area contributed by atoms with Crippen LogP contribution < -0.4 is 0 Å². The van der Waals surface area contributed by atoms with Crippen molar-refractivity contribution >= 4 is 5.91 Å². The highest BCUT2D eigenvalue weighted by Gasteiger charge is 2.43. The molecular weight excluding hydrogens is 200 g/mol. The number of amides is 1. The maximum absolute atomic E-state index is 11.5. The third kappa shape index (κ3) is 2.01. The number of nitrogens with zero attached hydrogens (tertiary/aromatic N) is 2. The maximum Gasteiger partial charge on any atom is 0.219 e. The summed E-state index contributed by atoms with van der Waals surface area (Å²) in [5.41, 5.74) is 0.262. The van der Waals surface area contributed by atoms with Gasteiger partial charge in [-0.15, -0.1) is 6.58 Å². The molecule has 2 heterocycles. The van der Waals surface area contributed by atoms with E-state index in [4.69, 9.17) is 0 Å². The molecule has 1 unspecified atom stereocenters. The summed E-state index contributed by atoms with van der Waals surface area (Å²) in [7, 11) is 0. The Labute approximate surface area is 98.1 Å². The molecule has 1 spiro atoms. The Morgan fingerprint density at radius 3 is 2.69 bits per heavy atom. The van der Waals surface area contributed by atoms with Crippen LogP contribution >= 0.6 is 0 Å². The zero-order chi connectivity index (χ0) is 11.6. The van der Waals surface area contributed by atoms with E-state index in [1.165, 1.54) is 19.3 Å². The first-order valence-corrected chi connectivity index (χ1v) is 6.29. The second-order valence-corrected chi connectivity index (χ2v) is 5.11. The first kappa shape index (κ1) is 11.6. The van der Waals surface area contributed by atoms with Crippen molar-refractivity contribution in [3.8, 4) is 0 Å². The number of carbonyl (C=O) groups is 1. The van der Waals surface area contributed by atoms with Gasteiger partial charge in [-0.2, -0.15) is 0 Å². The molecule has 1 amide bonds. The number of hydrogen-bond acceptors (Lipinski definition) is 2. The molecule has 0 aromatic heterocycles. The highest BCUT2D eigenvalue weighted by molar-refractivity contribution is 5.73. The van der Waals surface area contributed by atoms with E-state index in [-0.39, 0.29) is 11.4 Å². The summed E-state index contributed by atoms with van der Waals surface area (Å²) in [5.74, 6) is 0.226. The van der Waals surface area contributed by atoms with Crippen LogP contribution in [0.1, 0.15) is 32.6 Å². The smallest absolute Gasteiger partial charge is 0.219 e. The third-order valence-corrected chi connectivity index (χ3v) is 4.09. The number of carbonyl (C=O) groups excluding carboxylic acids is 1.